The standard InChI is InChI=1S/C13H26N2OS/c1-12(2)15-13(3,11-14)7-5-6-9-17-10-8-16-4/h12,15H,5-10H2,1-4H3. The van der Waals surface area contributed by atoms with Crippen molar-refractivity contribution < 1.29 is 4.74 Å². The van der Waals surface area contributed by atoms with E-state index in [0.717, 1.165) is 31.0 Å². The van der Waals surface area contributed by atoms with Gasteiger partial charge in [0.2, 0.25) is 0 Å². The fourth-order valence-electron chi connectivity index (χ4n) is 1.72. The van der Waals surface area contributed by atoms with E-state index < -0.39 is 0 Å². The summed E-state index contributed by atoms with van der Waals surface area (Å²) in [7, 11) is 1.73. The molecule has 0 aliphatic heterocycles. The molecule has 1 atom stereocenters. The fraction of sp³-hybridized carbons (Fsp3) is 0.923. The Morgan fingerprint density at radius 1 is 1.35 bits per heavy atom. The molecule has 1 N–H and O–H groups in total. The maximum Gasteiger partial charge on any atom is 0.104 e. The van der Waals surface area contributed by atoms with Gasteiger partial charge in [0.1, 0.15) is 5.54 Å². The largest absolute Gasteiger partial charge is 0.384 e. The highest BCUT2D eigenvalue weighted by atomic mass is 32.2. The lowest BCUT2D eigenvalue weighted by Crippen LogP contribution is -2.44. The molecular weight excluding hydrogens is 232 g/mol. The van der Waals surface area contributed by atoms with Gasteiger partial charge in [0.25, 0.3) is 0 Å². The van der Waals surface area contributed by atoms with E-state index in [2.05, 4.69) is 25.2 Å². The third-order valence-corrected chi connectivity index (χ3v) is 3.53. The maximum absolute atomic E-state index is 9.17. The van der Waals surface area contributed by atoms with Crippen LogP contribution in [0.5, 0.6) is 0 Å². The topological polar surface area (TPSA) is 45.0 Å². The van der Waals surface area contributed by atoms with Crippen molar-refractivity contribution in [2.24, 2.45) is 0 Å². The number of ether oxygens (including phenoxy) is 1. The number of hydrogen-bond donors (Lipinski definition) is 1. The Hall–Kier alpha value is -0.240. The summed E-state index contributed by atoms with van der Waals surface area (Å²) in [5, 5.41) is 12.5. The van der Waals surface area contributed by atoms with Gasteiger partial charge < -0.3 is 4.74 Å². The van der Waals surface area contributed by atoms with Crippen molar-refractivity contribution in [1.82, 2.24) is 5.32 Å². The molecule has 0 heterocycles. The number of hydrogen-bond acceptors (Lipinski definition) is 4. The predicted octanol–water partition coefficient (Wildman–Crippen LogP) is 2.82. The Bertz CT molecular complexity index is 228. The van der Waals surface area contributed by atoms with E-state index in [1.165, 1.54) is 6.42 Å². The first-order valence-corrected chi connectivity index (χ1v) is 7.45. The number of methoxy groups -OCH3 is 1. The highest BCUT2D eigenvalue weighted by Gasteiger charge is 2.23. The van der Waals surface area contributed by atoms with Gasteiger partial charge in [0, 0.05) is 18.9 Å². The van der Waals surface area contributed by atoms with Crippen LogP contribution < -0.4 is 5.32 Å². The minimum atomic E-state index is -0.370. The molecule has 1 unspecified atom stereocenters. The smallest absolute Gasteiger partial charge is 0.104 e. The van der Waals surface area contributed by atoms with Gasteiger partial charge in [-0.25, -0.2) is 0 Å². The number of unbranched alkanes of at least 4 members (excludes halogenated alkanes) is 1. The molecule has 0 rings (SSSR count). The zero-order valence-corrected chi connectivity index (χ0v) is 12.4. The van der Waals surface area contributed by atoms with Crippen molar-refractivity contribution in [3.8, 4) is 6.07 Å². The highest BCUT2D eigenvalue weighted by Crippen LogP contribution is 2.15. The Balaban J connectivity index is 3.60. The normalized spacial score (nSPS) is 14.6. The summed E-state index contributed by atoms with van der Waals surface area (Å²) < 4.78 is 4.99. The van der Waals surface area contributed by atoms with Crippen LogP contribution in [0, 0.1) is 11.3 Å². The van der Waals surface area contributed by atoms with Gasteiger partial charge in [-0.15, -0.1) is 0 Å². The molecule has 4 heteroatoms. The van der Waals surface area contributed by atoms with E-state index in [1.807, 2.05) is 18.7 Å². The minimum absolute atomic E-state index is 0.357. The predicted molar refractivity (Wildman–Crippen MR) is 75.3 cm³/mol. The van der Waals surface area contributed by atoms with Gasteiger partial charge in [0.15, 0.2) is 0 Å². The van der Waals surface area contributed by atoms with Gasteiger partial charge in [0.05, 0.1) is 12.7 Å². The SMILES string of the molecule is COCCSCCCCC(C)(C#N)NC(C)C. The Morgan fingerprint density at radius 2 is 2.06 bits per heavy atom. The third-order valence-electron chi connectivity index (χ3n) is 2.50. The summed E-state index contributed by atoms with van der Waals surface area (Å²) in [6.07, 6.45) is 3.20. The minimum Gasteiger partial charge on any atom is -0.384 e. The second-order valence-electron chi connectivity index (χ2n) is 4.81. The summed E-state index contributed by atoms with van der Waals surface area (Å²) in [4.78, 5) is 0. The average Bonchev–Trinajstić information content (AvgIpc) is 2.27. The first-order valence-electron chi connectivity index (χ1n) is 6.29. The van der Waals surface area contributed by atoms with Gasteiger partial charge in [-0.05, 0) is 45.8 Å². The summed E-state index contributed by atoms with van der Waals surface area (Å²) in [5.41, 5.74) is -0.370. The quantitative estimate of drug-likeness (QED) is 0.612. The maximum atomic E-state index is 9.17. The molecule has 0 radical (unpaired) electrons. The molecule has 0 aliphatic carbocycles. The summed E-state index contributed by atoms with van der Waals surface area (Å²) in [6, 6.07) is 2.74. The van der Waals surface area contributed by atoms with Gasteiger partial charge in [-0.1, -0.05) is 0 Å². The van der Waals surface area contributed by atoms with Gasteiger partial charge >= 0.3 is 0 Å². The van der Waals surface area contributed by atoms with Gasteiger partial charge in [-0.3, -0.25) is 5.32 Å². The second kappa shape index (κ2) is 9.76. The van der Waals surface area contributed by atoms with Crippen LogP contribution in [-0.2, 0) is 4.74 Å². The van der Waals surface area contributed by atoms with Crippen molar-refractivity contribution >= 4 is 11.8 Å². The van der Waals surface area contributed by atoms with Crippen molar-refractivity contribution in [3.05, 3.63) is 0 Å². The summed E-state index contributed by atoms with van der Waals surface area (Å²) in [5.74, 6) is 2.23. The van der Waals surface area contributed by atoms with Crippen LogP contribution in [0.3, 0.4) is 0 Å². The first kappa shape index (κ1) is 16.8. The highest BCUT2D eigenvalue weighted by molar-refractivity contribution is 7.99. The van der Waals surface area contributed by atoms with E-state index in [9.17, 15) is 5.26 Å². The monoisotopic (exact) mass is 258 g/mol. The zero-order chi connectivity index (χ0) is 13.1. The summed E-state index contributed by atoms with van der Waals surface area (Å²) >= 11 is 1.92. The van der Waals surface area contributed by atoms with Crippen molar-refractivity contribution in [1.29, 1.82) is 5.26 Å². The molecule has 0 bridgehead atoms. The van der Waals surface area contributed by atoms with Crippen molar-refractivity contribution in [2.75, 3.05) is 25.2 Å². The van der Waals surface area contributed by atoms with E-state index in [-0.39, 0.29) is 5.54 Å². The molecule has 0 aromatic carbocycles. The molecule has 0 spiro atoms. The Morgan fingerprint density at radius 3 is 2.59 bits per heavy atom. The number of nitrogens with one attached hydrogen (secondary N) is 1. The molecule has 3 nitrogen and oxygen atoms in total. The number of nitriles is 1. The van der Waals surface area contributed by atoms with Crippen molar-refractivity contribution in [2.45, 2.75) is 51.6 Å². The lowest BCUT2D eigenvalue weighted by atomic mass is 9.96. The molecule has 0 aromatic heterocycles. The number of nitrogens with zero attached hydrogens (tertiary/aromatic N) is 1. The molecule has 0 fully saturated rings. The molecule has 0 saturated carbocycles. The molecular formula is C13H26N2OS. The molecule has 100 valence electrons. The Kier molecular flexibility index (Phi) is 9.62. The van der Waals surface area contributed by atoms with E-state index >= 15 is 0 Å². The molecule has 0 saturated heterocycles. The van der Waals surface area contributed by atoms with Crippen LogP contribution in [0.2, 0.25) is 0 Å². The van der Waals surface area contributed by atoms with Crippen LogP contribution in [0.4, 0.5) is 0 Å². The first-order chi connectivity index (χ1) is 8.04. The van der Waals surface area contributed by atoms with Crippen molar-refractivity contribution in [3.63, 3.8) is 0 Å². The van der Waals surface area contributed by atoms with Crippen LogP contribution in [0.15, 0.2) is 0 Å². The second-order valence-corrected chi connectivity index (χ2v) is 6.03. The fourth-order valence-corrected chi connectivity index (χ4v) is 2.62. The third kappa shape index (κ3) is 9.46. The Labute approximate surface area is 110 Å². The lowest BCUT2D eigenvalue weighted by Gasteiger charge is -2.25. The average molecular weight is 258 g/mol. The van der Waals surface area contributed by atoms with Crippen LogP contribution in [0.1, 0.15) is 40.0 Å². The van der Waals surface area contributed by atoms with Crippen LogP contribution in [-0.4, -0.2) is 36.8 Å². The van der Waals surface area contributed by atoms with E-state index in [4.69, 9.17) is 4.74 Å². The summed E-state index contributed by atoms with van der Waals surface area (Å²) in [6.45, 7) is 6.98. The van der Waals surface area contributed by atoms with Gasteiger partial charge in [-0.2, -0.15) is 17.0 Å². The zero-order valence-electron chi connectivity index (χ0n) is 11.6. The number of thioether (sulfide) groups is 1. The molecule has 0 amide bonds. The molecule has 17 heavy (non-hydrogen) atoms. The lowest BCUT2D eigenvalue weighted by molar-refractivity contribution is 0.218. The van der Waals surface area contributed by atoms with Crippen LogP contribution in [0.25, 0.3) is 0 Å². The molecule has 0 aromatic rings. The van der Waals surface area contributed by atoms with E-state index in [1.54, 1.807) is 7.11 Å². The molecule has 0 aliphatic rings. The van der Waals surface area contributed by atoms with Crippen LogP contribution >= 0.6 is 11.8 Å². The van der Waals surface area contributed by atoms with E-state index in [0.29, 0.717) is 6.04 Å². The number of rotatable bonds is 10.